The summed E-state index contributed by atoms with van der Waals surface area (Å²) in [6, 6.07) is 7.32. The Hall–Kier alpha value is -2.67. The van der Waals surface area contributed by atoms with E-state index in [-0.39, 0.29) is 23.8 Å². The van der Waals surface area contributed by atoms with Crippen LogP contribution in [0, 0.1) is 5.82 Å². The van der Waals surface area contributed by atoms with Crippen LogP contribution in [0.5, 0.6) is 0 Å². The minimum atomic E-state index is -0.700. The lowest BCUT2D eigenvalue weighted by atomic mass is 10.0. The molecule has 1 aromatic carbocycles. The number of halogens is 1. The number of carbonyl (C=O) groups is 2. The molecule has 0 fully saturated rings. The second-order valence-electron chi connectivity index (χ2n) is 6.76. The van der Waals surface area contributed by atoms with Gasteiger partial charge >= 0.3 is 11.9 Å². The van der Waals surface area contributed by atoms with Gasteiger partial charge in [-0.25, -0.2) is 14.2 Å². The van der Waals surface area contributed by atoms with Gasteiger partial charge in [0.25, 0.3) is 0 Å². The minimum Gasteiger partial charge on any atom is -0.454 e. The Morgan fingerprint density at radius 2 is 1.81 bits per heavy atom. The Labute approximate surface area is 151 Å². The van der Waals surface area contributed by atoms with E-state index in [4.69, 9.17) is 14.0 Å². The minimum absolute atomic E-state index is 0.0282. The van der Waals surface area contributed by atoms with Crippen LogP contribution < -0.4 is 0 Å². The van der Waals surface area contributed by atoms with Crippen LogP contribution in [-0.4, -0.2) is 36.7 Å². The third-order valence-electron chi connectivity index (χ3n) is 3.47. The van der Waals surface area contributed by atoms with E-state index in [1.54, 1.807) is 32.9 Å². The lowest BCUT2D eigenvalue weighted by Crippen LogP contribution is -2.26. The van der Waals surface area contributed by atoms with Crippen molar-refractivity contribution in [3.05, 3.63) is 58.8 Å². The quantitative estimate of drug-likeness (QED) is 0.600. The van der Waals surface area contributed by atoms with Gasteiger partial charge in [-0.2, -0.15) is 0 Å². The highest BCUT2D eigenvalue weighted by atomic mass is 19.1. The van der Waals surface area contributed by atoms with Gasteiger partial charge in [0.2, 0.25) is 5.76 Å². The molecule has 1 heterocycles. The summed E-state index contributed by atoms with van der Waals surface area (Å²) < 4.78 is 23.9. The fourth-order valence-electron chi connectivity index (χ4n) is 2.22. The predicted molar refractivity (Wildman–Crippen MR) is 92.2 cm³/mol. The Kier molecular flexibility index (Phi) is 5.82. The molecule has 0 saturated heterocycles. The molecule has 0 N–H and O–H groups in total. The average Bonchev–Trinajstić information content (AvgIpc) is 2.98. The van der Waals surface area contributed by atoms with Crippen LogP contribution in [0.2, 0.25) is 0 Å². The fourth-order valence-corrected chi connectivity index (χ4v) is 2.22. The molecule has 1 aromatic heterocycles. The molecule has 6 nitrogen and oxygen atoms in total. The Bertz CT molecular complexity index is 789. The molecule has 0 aliphatic rings. The molecule has 0 atom stereocenters. The number of esters is 1. The van der Waals surface area contributed by atoms with Crippen molar-refractivity contribution in [1.82, 2.24) is 5.06 Å². The molecule has 1 amide bonds. The number of furan rings is 1. The highest BCUT2D eigenvalue weighted by molar-refractivity contribution is 5.95. The number of benzene rings is 1. The van der Waals surface area contributed by atoms with Crippen molar-refractivity contribution in [3.63, 3.8) is 0 Å². The van der Waals surface area contributed by atoms with Crippen molar-refractivity contribution in [2.45, 2.75) is 32.8 Å². The van der Waals surface area contributed by atoms with Crippen LogP contribution in [-0.2, 0) is 16.0 Å². The SMILES string of the molecule is CON(C)C(=O)c1oc(C(=O)OC(C)(C)C)cc1Cc1ccc(F)cc1. The lowest BCUT2D eigenvalue weighted by Gasteiger charge is -2.18. The van der Waals surface area contributed by atoms with Gasteiger partial charge in [0, 0.05) is 19.0 Å². The lowest BCUT2D eigenvalue weighted by molar-refractivity contribution is -0.0774. The van der Waals surface area contributed by atoms with E-state index < -0.39 is 17.5 Å². The maximum Gasteiger partial charge on any atom is 0.374 e. The molecule has 140 valence electrons. The zero-order chi connectivity index (χ0) is 19.5. The molecule has 7 heteroatoms. The Morgan fingerprint density at radius 1 is 1.19 bits per heavy atom. The van der Waals surface area contributed by atoms with Crippen molar-refractivity contribution in [3.8, 4) is 0 Å². The molecule has 0 unspecified atom stereocenters. The van der Waals surface area contributed by atoms with Gasteiger partial charge in [-0.15, -0.1) is 0 Å². The second-order valence-corrected chi connectivity index (χ2v) is 6.76. The van der Waals surface area contributed by atoms with Gasteiger partial charge in [0.05, 0.1) is 7.11 Å². The number of hydrogen-bond donors (Lipinski definition) is 0. The largest absolute Gasteiger partial charge is 0.454 e. The number of rotatable bonds is 5. The summed E-state index contributed by atoms with van der Waals surface area (Å²) in [4.78, 5) is 29.6. The number of ether oxygens (including phenoxy) is 1. The van der Waals surface area contributed by atoms with Crippen LogP contribution in [0.3, 0.4) is 0 Å². The van der Waals surface area contributed by atoms with E-state index in [1.165, 1.54) is 32.4 Å². The van der Waals surface area contributed by atoms with Crippen molar-refractivity contribution in [2.75, 3.05) is 14.2 Å². The number of hydrogen-bond acceptors (Lipinski definition) is 5. The Morgan fingerprint density at radius 3 is 2.35 bits per heavy atom. The smallest absolute Gasteiger partial charge is 0.374 e. The van der Waals surface area contributed by atoms with E-state index in [9.17, 15) is 14.0 Å². The summed E-state index contributed by atoms with van der Waals surface area (Å²) >= 11 is 0. The number of nitrogens with zero attached hydrogens (tertiary/aromatic N) is 1. The fraction of sp³-hybridized carbons (Fsp3) is 0.368. The van der Waals surface area contributed by atoms with Gasteiger partial charge in [-0.3, -0.25) is 9.63 Å². The van der Waals surface area contributed by atoms with Crippen molar-refractivity contribution in [1.29, 1.82) is 0 Å². The molecular weight excluding hydrogens is 341 g/mol. The molecule has 0 saturated carbocycles. The van der Waals surface area contributed by atoms with E-state index in [1.807, 2.05) is 0 Å². The van der Waals surface area contributed by atoms with Crippen molar-refractivity contribution in [2.24, 2.45) is 0 Å². The molecule has 0 radical (unpaired) electrons. The zero-order valence-corrected chi connectivity index (χ0v) is 15.5. The molecular formula is C19H22FNO5. The normalized spacial score (nSPS) is 11.3. The summed E-state index contributed by atoms with van der Waals surface area (Å²) in [5.41, 5.74) is 0.539. The van der Waals surface area contributed by atoms with Crippen LogP contribution in [0.25, 0.3) is 0 Å². The van der Waals surface area contributed by atoms with Gasteiger partial charge in [0.1, 0.15) is 11.4 Å². The maximum atomic E-state index is 13.1. The average molecular weight is 363 g/mol. The molecule has 0 bridgehead atoms. The molecule has 0 aliphatic carbocycles. The van der Waals surface area contributed by atoms with Crippen LogP contribution >= 0.6 is 0 Å². The first-order chi connectivity index (χ1) is 12.1. The molecule has 0 spiro atoms. The molecule has 0 aliphatic heterocycles. The van der Waals surface area contributed by atoms with E-state index in [0.29, 0.717) is 5.56 Å². The third-order valence-corrected chi connectivity index (χ3v) is 3.47. The van der Waals surface area contributed by atoms with Crippen LogP contribution in [0.15, 0.2) is 34.7 Å². The maximum absolute atomic E-state index is 13.1. The monoisotopic (exact) mass is 363 g/mol. The third kappa shape index (κ3) is 4.92. The number of carbonyl (C=O) groups excluding carboxylic acids is 2. The summed E-state index contributed by atoms with van der Waals surface area (Å²) in [5.74, 6) is -1.67. The summed E-state index contributed by atoms with van der Waals surface area (Å²) in [6.07, 6.45) is 0.283. The van der Waals surface area contributed by atoms with E-state index in [0.717, 1.165) is 10.6 Å². The zero-order valence-electron chi connectivity index (χ0n) is 15.5. The topological polar surface area (TPSA) is 69.0 Å². The van der Waals surface area contributed by atoms with Gasteiger partial charge in [-0.1, -0.05) is 12.1 Å². The number of hydroxylamine groups is 2. The van der Waals surface area contributed by atoms with Crippen LogP contribution in [0.1, 0.15) is 53.0 Å². The summed E-state index contributed by atoms with van der Waals surface area (Å²) in [6.45, 7) is 5.20. The van der Waals surface area contributed by atoms with Crippen LogP contribution in [0.4, 0.5) is 4.39 Å². The van der Waals surface area contributed by atoms with Gasteiger partial charge in [0.15, 0.2) is 5.76 Å². The molecule has 2 rings (SSSR count). The van der Waals surface area contributed by atoms with Crippen molar-refractivity contribution < 1.29 is 28.0 Å². The highest BCUT2D eigenvalue weighted by Crippen LogP contribution is 2.23. The first-order valence-electron chi connectivity index (χ1n) is 8.03. The standard InChI is InChI=1S/C19H22FNO5/c1-19(2,3)26-18(23)15-11-13(10-12-6-8-14(20)9-7-12)16(25-15)17(22)21(4)24-5/h6-9,11H,10H2,1-5H3. The van der Waals surface area contributed by atoms with Gasteiger partial charge < -0.3 is 9.15 Å². The first-order valence-corrected chi connectivity index (χ1v) is 8.03. The predicted octanol–water partition coefficient (Wildman–Crippen LogP) is 3.60. The first kappa shape index (κ1) is 19.7. The Balaban J connectivity index is 2.38. The highest BCUT2D eigenvalue weighted by Gasteiger charge is 2.27. The molecule has 26 heavy (non-hydrogen) atoms. The second kappa shape index (κ2) is 7.70. The van der Waals surface area contributed by atoms with E-state index in [2.05, 4.69) is 0 Å². The summed E-state index contributed by atoms with van der Waals surface area (Å²) in [7, 11) is 2.77. The number of amides is 1. The van der Waals surface area contributed by atoms with Crippen molar-refractivity contribution >= 4 is 11.9 Å². The van der Waals surface area contributed by atoms with E-state index >= 15 is 0 Å². The molecule has 2 aromatic rings. The van der Waals surface area contributed by atoms with Gasteiger partial charge in [-0.05, 0) is 44.5 Å². The summed E-state index contributed by atoms with van der Waals surface area (Å²) in [5, 5.41) is 0.992.